The molecule has 2 amide bonds. The third-order valence-corrected chi connectivity index (χ3v) is 7.18. The van der Waals surface area contributed by atoms with Gasteiger partial charge in [-0.25, -0.2) is 4.98 Å². The quantitative estimate of drug-likeness (QED) is 0.396. The molecule has 3 rings (SSSR count). The normalized spacial score (nSPS) is 15.2. The van der Waals surface area contributed by atoms with Crippen molar-refractivity contribution in [3.8, 4) is 5.75 Å². The van der Waals surface area contributed by atoms with Gasteiger partial charge >= 0.3 is 6.18 Å². The molecule has 38 heavy (non-hydrogen) atoms. The van der Waals surface area contributed by atoms with E-state index in [1.54, 1.807) is 32.3 Å². The van der Waals surface area contributed by atoms with E-state index in [1.165, 1.54) is 42.2 Å². The Bertz CT molecular complexity index is 1120. The number of pyridine rings is 1. The molecule has 7 nitrogen and oxygen atoms in total. The monoisotopic (exact) mass is 554 g/mol. The van der Waals surface area contributed by atoms with Crippen molar-refractivity contribution in [3.63, 3.8) is 0 Å². The van der Waals surface area contributed by atoms with Gasteiger partial charge in [0.25, 0.3) is 5.91 Å². The van der Waals surface area contributed by atoms with Gasteiger partial charge in [0, 0.05) is 40.8 Å². The number of carbonyl (C=O) groups is 2. The van der Waals surface area contributed by atoms with Gasteiger partial charge in [-0.2, -0.15) is 13.2 Å². The number of alkyl halides is 3. The van der Waals surface area contributed by atoms with Crippen molar-refractivity contribution in [1.82, 2.24) is 14.8 Å². The molecule has 1 aromatic heterocycles. The molecule has 2 heterocycles. The second kappa shape index (κ2) is 12.7. The Balaban J connectivity index is 1.51. The van der Waals surface area contributed by atoms with Crippen LogP contribution >= 0.6 is 11.6 Å². The number of hydrogen-bond acceptors (Lipinski definition) is 5. The van der Waals surface area contributed by atoms with Crippen LogP contribution in [0.5, 0.6) is 5.75 Å². The molecule has 1 aromatic carbocycles. The minimum Gasteiger partial charge on any atom is -0.497 e. The van der Waals surface area contributed by atoms with Crippen LogP contribution in [0, 0.1) is 5.92 Å². The van der Waals surface area contributed by atoms with Gasteiger partial charge in [0.2, 0.25) is 5.91 Å². The molecule has 1 fully saturated rings. The summed E-state index contributed by atoms with van der Waals surface area (Å²) < 4.78 is 46.5. The number of anilines is 1. The first-order chi connectivity index (χ1) is 17.9. The zero-order valence-corrected chi connectivity index (χ0v) is 22.8. The zero-order valence-electron chi connectivity index (χ0n) is 22.1. The molecule has 0 bridgehead atoms. The molecule has 0 saturated carbocycles. The van der Waals surface area contributed by atoms with Gasteiger partial charge in [-0.15, -0.1) is 0 Å². The number of halogens is 4. The van der Waals surface area contributed by atoms with Gasteiger partial charge in [-0.1, -0.05) is 23.7 Å². The first kappa shape index (κ1) is 29.5. The van der Waals surface area contributed by atoms with Gasteiger partial charge in [-0.3, -0.25) is 9.59 Å². The topological polar surface area (TPSA) is 66.0 Å². The van der Waals surface area contributed by atoms with Gasteiger partial charge in [0.1, 0.15) is 16.7 Å². The van der Waals surface area contributed by atoms with Crippen LogP contribution in [0.4, 0.5) is 19.0 Å². The third-order valence-electron chi connectivity index (χ3n) is 6.89. The lowest BCUT2D eigenvalue weighted by Gasteiger charge is -2.33. The number of likely N-dealkylation sites (N-methyl/N-ethyl adjacent to an activating group) is 1. The first-order valence-corrected chi connectivity index (χ1v) is 12.9. The second-order valence-electron chi connectivity index (χ2n) is 9.79. The number of carbonyl (C=O) groups excluding carboxylic acids is 2. The lowest BCUT2D eigenvalue weighted by Crippen LogP contribution is -2.39. The summed E-state index contributed by atoms with van der Waals surface area (Å²) in [7, 11) is 6.10. The lowest BCUT2D eigenvalue weighted by atomic mass is 9.92. The third kappa shape index (κ3) is 7.30. The zero-order chi connectivity index (χ0) is 28.0. The predicted octanol–water partition coefficient (Wildman–Crippen LogP) is 5.25. The molecular formula is C27H34ClF3N4O3. The number of benzene rings is 1. The summed E-state index contributed by atoms with van der Waals surface area (Å²) in [4.78, 5) is 34.1. The number of methoxy groups -OCH3 is 1. The van der Waals surface area contributed by atoms with Gasteiger partial charge in [0.15, 0.2) is 5.92 Å². The Labute approximate surface area is 226 Å². The summed E-state index contributed by atoms with van der Waals surface area (Å²) in [6.07, 6.45) is -1.50. The number of amides is 2. The predicted molar refractivity (Wildman–Crippen MR) is 141 cm³/mol. The standard InChI is InChI=1S/C27H34ClF3N4O3/c1-33(2)25(36)21-10-11-22(32-24(21)28)35-15-12-18(13-16-35)7-6-14-34(3)26(37)23(27(29,30)31)19-8-5-9-20(17-19)38-4/h5,8-11,17-18,23H,6-7,12-16H2,1-4H3/t23-/m0/s1. The summed E-state index contributed by atoms with van der Waals surface area (Å²) >= 11 is 6.25. The number of rotatable bonds is 9. The molecule has 2 aromatic rings. The molecule has 208 valence electrons. The van der Waals surface area contributed by atoms with Crippen molar-refractivity contribution >= 4 is 29.2 Å². The average molecular weight is 555 g/mol. The molecule has 1 aliphatic heterocycles. The second-order valence-corrected chi connectivity index (χ2v) is 10.1. The number of piperidine rings is 1. The molecule has 0 N–H and O–H groups in total. The van der Waals surface area contributed by atoms with Crippen LogP contribution in [0.15, 0.2) is 36.4 Å². The Hall–Kier alpha value is -3.01. The highest BCUT2D eigenvalue weighted by molar-refractivity contribution is 6.32. The van der Waals surface area contributed by atoms with E-state index in [4.69, 9.17) is 16.3 Å². The molecule has 1 saturated heterocycles. The maximum atomic E-state index is 13.8. The highest BCUT2D eigenvalue weighted by Crippen LogP contribution is 2.37. The van der Waals surface area contributed by atoms with Gasteiger partial charge < -0.3 is 19.4 Å². The van der Waals surface area contributed by atoms with Crippen LogP contribution in [-0.4, -0.2) is 80.7 Å². The summed E-state index contributed by atoms with van der Waals surface area (Å²) in [6, 6.07) is 9.04. The van der Waals surface area contributed by atoms with Crippen molar-refractivity contribution in [1.29, 1.82) is 0 Å². The Kier molecular flexibility index (Phi) is 9.87. The number of nitrogens with zero attached hydrogens (tertiary/aromatic N) is 4. The van der Waals surface area contributed by atoms with Crippen LogP contribution in [0.2, 0.25) is 5.15 Å². The van der Waals surface area contributed by atoms with Gasteiger partial charge in [0.05, 0.1) is 12.7 Å². The Morgan fingerprint density at radius 2 is 1.84 bits per heavy atom. The molecular weight excluding hydrogens is 521 g/mol. The largest absolute Gasteiger partial charge is 0.497 e. The van der Waals surface area contributed by atoms with E-state index in [9.17, 15) is 22.8 Å². The molecule has 1 atom stereocenters. The van der Waals surface area contributed by atoms with Crippen molar-refractivity contribution in [2.75, 3.05) is 52.8 Å². The van der Waals surface area contributed by atoms with E-state index in [0.29, 0.717) is 23.7 Å². The maximum absolute atomic E-state index is 13.8. The van der Waals surface area contributed by atoms with E-state index < -0.39 is 18.0 Å². The average Bonchev–Trinajstić information content (AvgIpc) is 2.87. The highest BCUT2D eigenvalue weighted by Gasteiger charge is 2.47. The van der Waals surface area contributed by atoms with Crippen LogP contribution in [0.25, 0.3) is 0 Å². The fraction of sp³-hybridized carbons (Fsp3) is 0.519. The minimum atomic E-state index is -4.71. The molecule has 1 aliphatic rings. The molecule has 0 spiro atoms. The molecule has 11 heteroatoms. The van der Waals surface area contributed by atoms with E-state index >= 15 is 0 Å². The van der Waals surface area contributed by atoms with E-state index in [1.807, 2.05) is 0 Å². The van der Waals surface area contributed by atoms with Crippen molar-refractivity contribution in [2.24, 2.45) is 5.92 Å². The minimum absolute atomic E-state index is 0.131. The van der Waals surface area contributed by atoms with Crippen LogP contribution in [-0.2, 0) is 4.79 Å². The maximum Gasteiger partial charge on any atom is 0.404 e. The smallest absolute Gasteiger partial charge is 0.404 e. The fourth-order valence-corrected chi connectivity index (χ4v) is 4.92. The highest BCUT2D eigenvalue weighted by atomic mass is 35.5. The summed E-state index contributed by atoms with van der Waals surface area (Å²) in [5.41, 5.74) is 0.224. The first-order valence-electron chi connectivity index (χ1n) is 12.5. The number of hydrogen-bond donors (Lipinski definition) is 0. The van der Waals surface area contributed by atoms with E-state index in [-0.39, 0.29) is 28.9 Å². The van der Waals surface area contributed by atoms with Crippen molar-refractivity contribution in [2.45, 2.75) is 37.8 Å². The lowest BCUT2D eigenvalue weighted by molar-refractivity contribution is -0.171. The molecule has 0 unspecified atom stereocenters. The van der Waals surface area contributed by atoms with Crippen LogP contribution in [0.3, 0.4) is 0 Å². The summed E-state index contributed by atoms with van der Waals surface area (Å²) in [5, 5.41) is 0.169. The Morgan fingerprint density at radius 3 is 2.42 bits per heavy atom. The van der Waals surface area contributed by atoms with E-state index in [0.717, 1.165) is 32.4 Å². The van der Waals surface area contributed by atoms with Crippen LogP contribution in [0.1, 0.15) is 47.5 Å². The molecule has 0 aliphatic carbocycles. The Morgan fingerprint density at radius 1 is 1.16 bits per heavy atom. The van der Waals surface area contributed by atoms with E-state index in [2.05, 4.69) is 9.88 Å². The number of ether oxygens (including phenoxy) is 1. The summed E-state index contributed by atoms with van der Waals surface area (Å²) in [6.45, 7) is 1.76. The van der Waals surface area contributed by atoms with Gasteiger partial charge in [-0.05, 0) is 61.4 Å². The number of aromatic nitrogens is 1. The fourth-order valence-electron chi connectivity index (χ4n) is 4.69. The van der Waals surface area contributed by atoms with Crippen molar-refractivity contribution < 1.29 is 27.5 Å². The summed E-state index contributed by atoms with van der Waals surface area (Å²) in [5.74, 6) is -2.03. The SMILES string of the molecule is COc1cccc([C@@H](C(=O)N(C)CCCC2CCN(c3ccc(C(=O)N(C)C)c(Cl)n3)CC2)C(F)(F)F)c1. The van der Waals surface area contributed by atoms with Crippen LogP contribution < -0.4 is 9.64 Å². The molecule has 0 radical (unpaired) electrons. The van der Waals surface area contributed by atoms with Crippen molar-refractivity contribution in [3.05, 3.63) is 52.7 Å².